The van der Waals surface area contributed by atoms with Crippen LogP contribution in [0.4, 0.5) is 19.0 Å². The number of halogens is 4. The molecule has 0 spiro atoms. The van der Waals surface area contributed by atoms with Crippen LogP contribution in [-0.2, 0) is 0 Å². The Morgan fingerprint density at radius 3 is 2.74 bits per heavy atom. The summed E-state index contributed by atoms with van der Waals surface area (Å²) in [7, 11) is 0. The minimum absolute atomic E-state index is 0.137. The molecule has 0 bridgehead atoms. The average molecular weight is 485 g/mol. The van der Waals surface area contributed by atoms with Crippen molar-refractivity contribution in [1.82, 2.24) is 24.5 Å². The second kappa shape index (κ2) is 8.45. The molecule has 11 heteroatoms. The van der Waals surface area contributed by atoms with E-state index in [2.05, 4.69) is 25.3 Å². The summed E-state index contributed by atoms with van der Waals surface area (Å²) >= 11 is 6.11. The number of aromatic amines is 1. The number of aromatic nitrogens is 5. The molecule has 0 unspecified atom stereocenters. The van der Waals surface area contributed by atoms with Gasteiger partial charge in [0.25, 0.3) is 5.56 Å². The minimum atomic E-state index is -1.22. The van der Waals surface area contributed by atoms with E-state index >= 15 is 0 Å². The summed E-state index contributed by atoms with van der Waals surface area (Å²) in [4.78, 5) is 29.0. The number of H-pyrrole nitrogens is 1. The van der Waals surface area contributed by atoms with Crippen LogP contribution < -0.4 is 10.9 Å². The molecular formula is C23H16ClF3N6O. The predicted molar refractivity (Wildman–Crippen MR) is 123 cm³/mol. The van der Waals surface area contributed by atoms with Crippen LogP contribution in [0.25, 0.3) is 27.6 Å². The second-order valence-electron chi connectivity index (χ2n) is 7.54. The quantitative estimate of drug-likeness (QED) is 0.354. The molecular weight excluding hydrogens is 469 g/mol. The molecule has 2 aromatic carbocycles. The lowest BCUT2D eigenvalue weighted by Gasteiger charge is -2.24. The third-order valence-corrected chi connectivity index (χ3v) is 5.95. The van der Waals surface area contributed by atoms with Crippen molar-refractivity contribution in [2.75, 3.05) is 5.32 Å². The monoisotopic (exact) mass is 484 g/mol. The van der Waals surface area contributed by atoms with Crippen LogP contribution in [0.3, 0.4) is 0 Å². The summed E-state index contributed by atoms with van der Waals surface area (Å²) in [5.74, 6) is -2.73. The molecule has 0 aliphatic heterocycles. The van der Waals surface area contributed by atoms with E-state index in [0.717, 1.165) is 16.7 Å². The molecule has 172 valence electrons. The Balaban J connectivity index is 1.79. The first-order valence-electron chi connectivity index (χ1n) is 10.3. The first kappa shape index (κ1) is 21.9. The average Bonchev–Trinajstić information content (AvgIpc) is 3.31. The Hall–Kier alpha value is -3.92. The number of nitrogens with one attached hydrogen (secondary N) is 2. The standard InChI is InChI=1S/C23H16ClF3N6O/c1-2-14(32-22-20-21(29-9-28-20)30-10-31-22)16-8-11-6-7-12(25)18(24)17(11)23(34)33(16)15-5-3-4-13(26)19(15)27/h3-10,14H,2H2,1H3,(H2,28,29,30,31,32)/t14-/m1/s1. The number of benzene rings is 2. The summed E-state index contributed by atoms with van der Waals surface area (Å²) < 4.78 is 44.2. The maximum atomic E-state index is 14.9. The van der Waals surface area contributed by atoms with Gasteiger partial charge in [0.05, 0.1) is 28.5 Å². The van der Waals surface area contributed by atoms with E-state index in [0.29, 0.717) is 34.5 Å². The van der Waals surface area contributed by atoms with Crippen LogP contribution >= 0.6 is 11.6 Å². The molecule has 5 aromatic rings. The highest BCUT2D eigenvalue weighted by molar-refractivity contribution is 6.35. The van der Waals surface area contributed by atoms with Crippen LogP contribution in [0.2, 0.25) is 5.02 Å². The Kier molecular flexibility index (Phi) is 5.45. The van der Waals surface area contributed by atoms with Crippen molar-refractivity contribution < 1.29 is 13.2 Å². The molecule has 0 radical (unpaired) electrons. The number of fused-ring (bicyclic) bond motifs is 2. The van der Waals surface area contributed by atoms with Crippen molar-refractivity contribution in [3.8, 4) is 5.69 Å². The number of rotatable bonds is 5. The largest absolute Gasteiger partial charge is 0.360 e. The molecule has 5 rings (SSSR count). The molecule has 0 aliphatic rings. The fourth-order valence-electron chi connectivity index (χ4n) is 3.95. The second-order valence-corrected chi connectivity index (χ2v) is 7.91. The van der Waals surface area contributed by atoms with E-state index in [1.165, 1.54) is 30.9 Å². The smallest absolute Gasteiger partial charge is 0.264 e. The lowest BCUT2D eigenvalue weighted by atomic mass is 10.0. The van der Waals surface area contributed by atoms with Crippen LogP contribution in [-0.4, -0.2) is 24.5 Å². The van der Waals surface area contributed by atoms with Crippen LogP contribution in [0.1, 0.15) is 25.1 Å². The molecule has 0 aliphatic carbocycles. The highest BCUT2D eigenvalue weighted by atomic mass is 35.5. The van der Waals surface area contributed by atoms with E-state index in [1.807, 2.05) is 6.92 Å². The number of anilines is 1. The van der Waals surface area contributed by atoms with E-state index in [9.17, 15) is 18.0 Å². The van der Waals surface area contributed by atoms with Crippen molar-refractivity contribution in [3.05, 3.63) is 87.6 Å². The molecule has 3 aromatic heterocycles. The van der Waals surface area contributed by atoms with Gasteiger partial charge in [-0.1, -0.05) is 30.7 Å². The Morgan fingerprint density at radius 2 is 1.94 bits per heavy atom. The number of pyridine rings is 1. The van der Waals surface area contributed by atoms with Gasteiger partial charge in [0.2, 0.25) is 0 Å². The molecule has 1 atom stereocenters. The predicted octanol–water partition coefficient (Wildman–Crippen LogP) is 5.29. The fraction of sp³-hybridized carbons (Fsp3) is 0.130. The number of imidazole rings is 1. The Labute approximate surface area is 195 Å². The zero-order chi connectivity index (χ0) is 24.0. The van der Waals surface area contributed by atoms with Crippen LogP contribution in [0, 0.1) is 17.5 Å². The van der Waals surface area contributed by atoms with Gasteiger partial charge < -0.3 is 10.3 Å². The summed E-state index contributed by atoms with van der Waals surface area (Å²) in [6, 6.07) is 7.07. The van der Waals surface area contributed by atoms with Gasteiger partial charge in [-0.05, 0) is 36.1 Å². The summed E-state index contributed by atoms with van der Waals surface area (Å²) in [6.45, 7) is 1.85. The van der Waals surface area contributed by atoms with E-state index in [-0.39, 0.29) is 11.1 Å². The summed E-state index contributed by atoms with van der Waals surface area (Å²) in [6.07, 6.45) is 3.23. The topological polar surface area (TPSA) is 88.5 Å². The van der Waals surface area contributed by atoms with Crippen molar-refractivity contribution in [3.63, 3.8) is 0 Å². The molecule has 3 heterocycles. The Morgan fingerprint density at radius 1 is 1.12 bits per heavy atom. The fourth-order valence-corrected chi connectivity index (χ4v) is 4.20. The third-order valence-electron chi connectivity index (χ3n) is 5.58. The highest BCUT2D eigenvalue weighted by Gasteiger charge is 2.24. The van der Waals surface area contributed by atoms with Gasteiger partial charge >= 0.3 is 0 Å². The molecule has 0 saturated carbocycles. The van der Waals surface area contributed by atoms with Crippen molar-refractivity contribution in [1.29, 1.82) is 0 Å². The molecule has 7 nitrogen and oxygen atoms in total. The first-order chi connectivity index (χ1) is 16.4. The molecule has 0 fully saturated rings. The van der Waals surface area contributed by atoms with Crippen molar-refractivity contribution in [2.45, 2.75) is 19.4 Å². The van der Waals surface area contributed by atoms with Gasteiger partial charge in [-0.15, -0.1) is 0 Å². The van der Waals surface area contributed by atoms with Crippen molar-refractivity contribution in [2.24, 2.45) is 0 Å². The Bertz CT molecular complexity index is 1620. The van der Waals surface area contributed by atoms with Gasteiger partial charge in [-0.3, -0.25) is 9.36 Å². The lowest BCUT2D eigenvalue weighted by molar-refractivity contribution is 0.501. The van der Waals surface area contributed by atoms with Gasteiger partial charge in [-0.25, -0.2) is 28.1 Å². The lowest BCUT2D eigenvalue weighted by Crippen LogP contribution is -2.27. The minimum Gasteiger partial charge on any atom is -0.360 e. The van der Waals surface area contributed by atoms with E-state index in [1.54, 1.807) is 6.07 Å². The maximum absolute atomic E-state index is 14.9. The molecule has 34 heavy (non-hydrogen) atoms. The maximum Gasteiger partial charge on any atom is 0.264 e. The summed E-state index contributed by atoms with van der Waals surface area (Å²) in [5.41, 5.74) is 0.172. The number of hydrogen-bond donors (Lipinski definition) is 2. The van der Waals surface area contributed by atoms with Gasteiger partial charge in [-0.2, -0.15) is 0 Å². The van der Waals surface area contributed by atoms with Crippen LogP contribution in [0.15, 0.2) is 53.8 Å². The van der Waals surface area contributed by atoms with Gasteiger partial charge in [0, 0.05) is 5.69 Å². The summed E-state index contributed by atoms with van der Waals surface area (Å²) in [5, 5.41) is 3.06. The normalized spacial score (nSPS) is 12.4. The zero-order valence-corrected chi connectivity index (χ0v) is 18.4. The molecule has 0 saturated heterocycles. The highest BCUT2D eigenvalue weighted by Crippen LogP contribution is 2.31. The number of nitrogens with zero attached hydrogens (tertiary/aromatic N) is 4. The van der Waals surface area contributed by atoms with Gasteiger partial charge in [0.15, 0.2) is 23.1 Å². The van der Waals surface area contributed by atoms with Crippen molar-refractivity contribution >= 4 is 39.4 Å². The SMILES string of the molecule is CC[C@@H](Nc1ncnc2nc[nH]c12)c1cc2ccc(F)c(Cl)c2c(=O)n1-c1cccc(F)c1F. The molecule has 2 N–H and O–H groups in total. The van der Waals surface area contributed by atoms with Gasteiger partial charge in [0.1, 0.15) is 17.7 Å². The van der Waals surface area contributed by atoms with E-state index < -0.39 is 34.1 Å². The first-order valence-corrected chi connectivity index (χ1v) is 10.7. The number of hydrogen-bond acceptors (Lipinski definition) is 5. The molecule has 0 amide bonds. The third kappa shape index (κ3) is 3.47. The van der Waals surface area contributed by atoms with Crippen LogP contribution in [0.5, 0.6) is 0 Å². The zero-order valence-electron chi connectivity index (χ0n) is 17.6. The van der Waals surface area contributed by atoms with E-state index in [4.69, 9.17) is 11.6 Å².